The number of anilines is 2. The maximum Gasteiger partial charge on any atom is 0.0391 e. The van der Waals surface area contributed by atoms with Crippen molar-refractivity contribution in [2.24, 2.45) is 0 Å². The van der Waals surface area contributed by atoms with Gasteiger partial charge >= 0.3 is 0 Å². The lowest BCUT2D eigenvalue weighted by molar-refractivity contribution is 1.57. The summed E-state index contributed by atoms with van der Waals surface area (Å²) in [6.07, 6.45) is 0. The van der Waals surface area contributed by atoms with Crippen LogP contribution in [0.4, 0.5) is 11.4 Å². The van der Waals surface area contributed by atoms with E-state index >= 15 is 0 Å². The molecule has 0 atom stereocenters. The standard InChI is InChI=1S/C28H19NS/c1-2-8-23-19(6-1)7-5-10-24(23)20-12-14-21(15-13-20)29-22-16-17-28-26(18-22)25-9-3-4-11-27(25)30-28/h1-18,29H. The third-order valence-corrected chi connectivity index (χ3v) is 6.80. The molecule has 0 saturated carbocycles. The van der Waals surface area contributed by atoms with Gasteiger partial charge in [0, 0.05) is 31.5 Å². The van der Waals surface area contributed by atoms with Crippen LogP contribution in [-0.4, -0.2) is 0 Å². The number of rotatable bonds is 3. The Balaban J connectivity index is 1.33. The van der Waals surface area contributed by atoms with Gasteiger partial charge < -0.3 is 5.32 Å². The first-order chi connectivity index (χ1) is 14.8. The van der Waals surface area contributed by atoms with E-state index in [1.54, 1.807) is 0 Å². The highest BCUT2D eigenvalue weighted by Gasteiger charge is 2.06. The van der Waals surface area contributed by atoms with Crippen LogP contribution in [0.2, 0.25) is 0 Å². The first kappa shape index (κ1) is 17.3. The molecule has 0 fully saturated rings. The van der Waals surface area contributed by atoms with Crippen LogP contribution in [0.1, 0.15) is 0 Å². The molecule has 0 bridgehead atoms. The number of nitrogens with one attached hydrogen (secondary N) is 1. The molecule has 0 saturated heterocycles. The van der Waals surface area contributed by atoms with Gasteiger partial charge in [-0.15, -0.1) is 11.3 Å². The van der Waals surface area contributed by atoms with E-state index in [0.717, 1.165) is 11.4 Å². The number of thiophene rings is 1. The van der Waals surface area contributed by atoms with Crippen molar-refractivity contribution in [3.8, 4) is 11.1 Å². The molecule has 1 nitrogen and oxygen atoms in total. The molecule has 0 radical (unpaired) electrons. The van der Waals surface area contributed by atoms with Gasteiger partial charge in [-0.25, -0.2) is 0 Å². The summed E-state index contributed by atoms with van der Waals surface area (Å²) in [5, 5.41) is 8.77. The van der Waals surface area contributed by atoms with Crippen molar-refractivity contribution in [3.63, 3.8) is 0 Å². The minimum absolute atomic E-state index is 1.10. The average Bonchev–Trinajstić information content (AvgIpc) is 3.17. The molecule has 0 aliphatic carbocycles. The van der Waals surface area contributed by atoms with Crippen LogP contribution in [0.5, 0.6) is 0 Å². The summed E-state index contributed by atoms with van der Waals surface area (Å²) in [5.74, 6) is 0. The minimum Gasteiger partial charge on any atom is -0.356 e. The van der Waals surface area contributed by atoms with Gasteiger partial charge in [0.05, 0.1) is 0 Å². The molecular formula is C28H19NS. The molecule has 5 aromatic carbocycles. The Morgan fingerprint density at radius 1 is 0.500 bits per heavy atom. The minimum atomic E-state index is 1.10. The van der Waals surface area contributed by atoms with Crippen LogP contribution in [0.15, 0.2) is 109 Å². The van der Waals surface area contributed by atoms with E-state index in [1.807, 2.05) is 11.3 Å². The van der Waals surface area contributed by atoms with E-state index in [4.69, 9.17) is 0 Å². The van der Waals surface area contributed by atoms with Crippen LogP contribution in [0.25, 0.3) is 42.1 Å². The Kier molecular flexibility index (Phi) is 4.03. The molecule has 0 amide bonds. The van der Waals surface area contributed by atoms with Crippen molar-refractivity contribution in [1.29, 1.82) is 0 Å². The van der Waals surface area contributed by atoms with Crippen molar-refractivity contribution in [2.45, 2.75) is 0 Å². The summed E-state index contributed by atoms with van der Waals surface area (Å²) in [6, 6.07) is 39.0. The zero-order chi connectivity index (χ0) is 19.9. The number of hydrogen-bond donors (Lipinski definition) is 1. The molecule has 1 N–H and O–H groups in total. The maximum atomic E-state index is 3.57. The van der Waals surface area contributed by atoms with Crippen molar-refractivity contribution in [2.75, 3.05) is 5.32 Å². The molecular weight excluding hydrogens is 382 g/mol. The summed E-state index contributed by atoms with van der Waals surface area (Å²) in [4.78, 5) is 0. The van der Waals surface area contributed by atoms with Gasteiger partial charge in [-0.1, -0.05) is 72.8 Å². The van der Waals surface area contributed by atoms with Crippen molar-refractivity contribution < 1.29 is 0 Å². The predicted octanol–water partition coefficient (Wildman–Crippen LogP) is 8.62. The summed E-state index contributed by atoms with van der Waals surface area (Å²) in [5.41, 5.74) is 4.71. The fourth-order valence-corrected chi connectivity index (χ4v) is 5.27. The molecule has 30 heavy (non-hydrogen) atoms. The lowest BCUT2D eigenvalue weighted by Gasteiger charge is -2.10. The first-order valence-electron chi connectivity index (χ1n) is 10.1. The molecule has 1 heterocycles. The van der Waals surface area contributed by atoms with Crippen molar-refractivity contribution >= 4 is 53.7 Å². The first-order valence-corrected chi connectivity index (χ1v) is 10.9. The Bertz CT molecular complexity index is 1500. The van der Waals surface area contributed by atoms with E-state index < -0.39 is 0 Å². The molecule has 6 rings (SSSR count). The molecule has 1 aromatic heterocycles. The summed E-state index contributed by atoms with van der Waals surface area (Å²) < 4.78 is 2.66. The highest BCUT2D eigenvalue weighted by atomic mass is 32.1. The Hall–Kier alpha value is -3.62. The second kappa shape index (κ2) is 7.01. The van der Waals surface area contributed by atoms with Gasteiger partial charge in [0.15, 0.2) is 0 Å². The summed E-state index contributed by atoms with van der Waals surface area (Å²) in [6.45, 7) is 0. The SMILES string of the molecule is c1ccc2c(-c3ccc(Nc4ccc5sc6ccccc6c5c4)cc3)cccc2c1. The largest absolute Gasteiger partial charge is 0.356 e. The molecule has 142 valence electrons. The van der Waals surface area contributed by atoms with Crippen molar-refractivity contribution in [3.05, 3.63) is 109 Å². The lowest BCUT2D eigenvalue weighted by Crippen LogP contribution is -1.90. The zero-order valence-corrected chi connectivity index (χ0v) is 17.1. The fraction of sp³-hybridized carbons (Fsp3) is 0. The van der Waals surface area contributed by atoms with Gasteiger partial charge in [-0.2, -0.15) is 0 Å². The Labute approximate surface area is 179 Å². The molecule has 6 aromatic rings. The monoisotopic (exact) mass is 401 g/mol. The second-order valence-corrected chi connectivity index (χ2v) is 8.62. The van der Waals surface area contributed by atoms with Crippen LogP contribution in [0, 0.1) is 0 Å². The third-order valence-electron chi connectivity index (χ3n) is 5.65. The Morgan fingerprint density at radius 2 is 1.20 bits per heavy atom. The molecule has 0 spiro atoms. The third kappa shape index (κ3) is 2.94. The second-order valence-electron chi connectivity index (χ2n) is 7.54. The van der Waals surface area contributed by atoms with E-state index in [2.05, 4.69) is 115 Å². The fourth-order valence-electron chi connectivity index (χ4n) is 4.18. The Morgan fingerprint density at radius 3 is 2.10 bits per heavy atom. The van der Waals surface area contributed by atoms with Gasteiger partial charge in [0.1, 0.15) is 0 Å². The van der Waals surface area contributed by atoms with Gasteiger partial charge in [-0.3, -0.25) is 0 Å². The normalized spacial score (nSPS) is 11.3. The molecule has 0 unspecified atom stereocenters. The van der Waals surface area contributed by atoms with Gasteiger partial charge in [0.25, 0.3) is 0 Å². The number of benzene rings is 5. The summed E-state index contributed by atoms with van der Waals surface area (Å²) in [7, 11) is 0. The van der Waals surface area contributed by atoms with Crippen LogP contribution < -0.4 is 5.32 Å². The van der Waals surface area contributed by atoms with E-state index in [1.165, 1.54) is 42.1 Å². The highest BCUT2D eigenvalue weighted by Crippen LogP contribution is 2.36. The lowest BCUT2D eigenvalue weighted by atomic mass is 9.98. The van der Waals surface area contributed by atoms with Gasteiger partial charge in [0.2, 0.25) is 0 Å². The predicted molar refractivity (Wildman–Crippen MR) is 132 cm³/mol. The number of hydrogen-bond acceptors (Lipinski definition) is 2. The van der Waals surface area contributed by atoms with Crippen LogP contribution in [-0.2, 0) is 0 Å². The smallest absolute Gasteiger partial charge is 0.0391 e. The maximum absolute atomic E-state index is 3.57. The number of fused-ring (bicyclic) bond motifs is 4. The molecule has 0 aliphatic rings. The molecule has 2 heteroatoms. The van der Waals surface area contributed by atoms with Gasteiger partial charge in [-0.05, 0) is 58.3 Å². The van der Waals surface area contributed by atoms with E-state index in [0.29, 0.717) is 0 Å². The summed E-state index contributed by atoms with van der Waals surface area (Å²) >= 11 is 1.85. The van der Waals surface area contributed by atoms with E-state index in [9.17, 15) is 0 Å². The quantitative estimate of drug-likeness (QED) is 0.313. The van der Waals surface area contributed by atoms with Crippen LogP contribution >= 0.6 is 11.3 Å². The van der Waals surface area contributed by atoms with Crippen LogP contribution in [0.3, 0.4) is 0 Å². The highest BCUT2D eigenvalue weighted by molar-refractivity contribution is 7.25. The topological polar surface area (TPSA) is 12.0 Å². The molecule has 0 aliphatic heterocycles. The van der Waals surface area contributed by atoms with E-state index in [-0.39, 0.29) is 0 Å². The average molecular weight is 402 g/mol. The zero-order valence-electron chi connectivity index (χ0n) is 16.3. The van der Waals surface area contributed by atoms with Crippen molar-refractivity contribution in [1.82, 2.24) is 0 Å².